The number of carbonyl (C=O) groups is 1. The lowest BCUT2D eigenvalue weighted by molar-refractivity contribution is -0.117. The van der Waals surface area contributed by atoms with Gasteiger partial charge in [-0.05, 0) is 33.8 Å². The Hall–Kier alpha value is -1.29. The van der Waals surface area contributed by atoms with E-state index >= 15 is 0 Å². The number of benzene rings is 1. The molecule has 0 aliphatic heterocycles. The molecular weight excluding hydrogens is 352 g/mol. The van der Waals surface area contributed by atoms with Gasteiger partial charge in [0, 0.05) is 11.6 Å². The van der Waals surface area contributed by atoms with E-state index in [1.807, 2.05) is 0 Å². The van der Waals surface area contributed by atoms with Gasteiger partial charge in [-0.2, -0.15) is 0 Å². The van der Waals surface area contributed by atoms with Gasteiger partial charge in [-0.25, -0.2) is 21.9 Å². The van der Waals surface area contributed by atoms with Gasteiger partial charge in [0.2, 0.25) is 15.9 Å². The van der Waals surface area contributed by atoms with Gasteiger partial charge in [-0.3, -0.25) is 4.79 Å². The number of amides is 1. The van der Waals surface area contributed by atoms with Gasteiger partial charge in [0.15, 0.2) is 0 Å². The summed E-state index contributed by atoms with van der Waals surface area (Å²) in [7, 11) is -4.22. The van der Waals surface area contributed by atoms with E-state index in [2.05, 4.69) is 10.0 Å². The van der Waals surface area contributed by atoms with Crippen LogP contribution in [0.15, 0.2) is 17.0 Å². The van der Waals surface area contributed by atoms with Crippen molar-refractivity contribution in [3.05, 3.63) is 23.8 Å². The Balaban J connectivity index is 0.00000484. The summed E-state index contributed by atoms with van der Waals surface area (Å²) in [5, 5.41) is 2.11. The van der Waals surface area contributed by atoms with Crippen molar-refractivity contribution in [2.45, 2.75) is 44.2 Å². The van der Waals surface area contributed by atoms with Crippen molar-refractivity contribution >= 4 is 34.0 Å². The van der Waals surface area contributed by atoms with Crippen molar-refractivity contribution in [2.24, 2.45) is 5.73 Å². The van der Waals surface area contributed by atoms with Crippen molar-refractivity contribution in [1.29, 1.82) is 0 Å². The molecule has 4 N–H and O–H groups in total. The van der Waals surface area contributed by atoms with Crippen molar-refractivity contribution < 1.29 is 22.0 Å². The highest BCUT2D eigenvalue weighted by Gasteiger charge is 2.27. The first-order valence-electron chi connectivity index (χ1n) is 6.43. The van der Waals surface area contributed by atoms with E-state index in [1.165, 1.54) is 6.92 Å². The molecule has 0 aliphatic carbocycles. The molecule has 0 fully saturated rings. The standard InChI is InChI=1S/C13H19F2N3O3S.ClH/c1-7(16)12(19)17-10-6-11(9(15)5-8(10)14)22(20,21)18-13(2,3)4;/h5-7,18H,16H2,1-4H3,(H,17,19);1H/t7-;/m0./s1. The first kappa shape index (κ1) is 21.7. The van der Waals surface area contributed by atoms with Crippen LogP contribution in [0.3, 0.4) is 0 Å². The minimum absolute atomic E-state index is 0. The lowest BCUT2D eigenvalue weighted by Gasteiger charge is -2.21. The molecule has 0 saturated heterocycles. The summed E-state index contributed by atoms with van der Waals surface area (Å²) < 4.78 is 54.0. The van der Waals surface area contributed by atoms with Gasteiger partial charge < -0.3 is 11.1 Å². The second-order valence-corrected chi connectivity index (χ2v) is 7.55. The second kappa shape index (κ2) is 7.52. The summed E-state index contributed by atoms with van der Waals surface area (Å²) in [6.07, 6.45) is 0. The van der Waals surface area contributed by atoms with E-state index in [0.717, 1.165) is 6.07 Å². The molecule has 0 radical (unpaired) electrons. The number of nitrogens with two attached hydrogens (primary N) is 1. The average molecular weight is 372 g/mol. The Kier molecular flexibility index (Phi) is 7.10. The Bertz CT molecular complexity index is 688. The fourth-order valence-electron chi connectivity index (χ4n) is 1.54. The van der Waals surface area contributed by atoms with Gasteiger partial charge in [0.1, 0.15) is 16.5 Å². The maximum absolute atomic E-state index is 13.8. The number of anilines is 1. The molecule has 0 unspecified atom stereocenters. The Morgan fingerprint density at radius 3 is 2.17 bits per heavy atom. The predicted octanol–water partition coefficient (Wildman–Crippen LogP) is 1.75. The molecule has 0 spiro atoms. The molecule has 10 heteroatoms. The predicted molar refractivity (Wildman–Crippen MR) is 86.0 cm³/mol. The fraction of sp³-hybridized carbons (Fsp3) is 0.462. The van der Waals surface area contributed by atoms with Crippen LogP contribution in [-0.2, 0) is 14.8 Å². The maximum Gasteiger partial charge on any atom is 0.244 e. The summed E-state index contributed by atoms with van der Waals surface area (Å²) >= 11 is 0. The molecule has 1 aromatic carbocycles. The van der Waals surface area contributed by atoms with Crippen LogP contribution >= 0.6 is 12.4 Å². The van der Waals surface area contributed by atoms with E-state index < -0.39 is 49.7 Å². The van der Waals surface area contributed by atoms with Crippen LogP contribution in [0.4, 0.5) is 14.5 Å². The van der Waals surface area contributed by atoms with E-state index in [4.69, 9.17) is 5.73 Å². The number of nitrogens with one attached hydrogen (secondary N) is 2. The molecule has 6 nitrogen and oxygen atoms in total. The van der Waals surface area contributed by atoms with Crippen LogP contribution in [0.25, 0.3) is 0 Å². The van der Waals surface area contributed by atoms with Gasteiger partial charge in [0.25, 0.3) is 0 Å². The number of halogens is 3. The summed E-state index contributed by atoms with van der Waals surface area (Å²) in [6, 6.07) is 0.185. The van der Waals surface area contributed by atoms with Crippen molar-refractivity contribution in [1.82, 2.24) is 4.72 Å². The smallest absolute Gasteiger partial charge is 0.244 e. The highest BCUT2D eigenvalue weighted by Crippen LogP contribution is 2.24. The van der Waals surface area contributed by atoms with Crippen LogP contribution in [0.1, 0.15) is 27.7 Å². The zero-order valence-corrected chi connectivity index (χ0v) is 14.7. The molecule has 0 aromatic heterocycles. The van der Waals surface area contributed by atoms with Crippen LogP contribution in [-0.4, -0.2) is 25.9 Å². The quantitative estimate of drug-likeness (QED) is 0.750. The Morgan fingerprint density at radius 2 is 1.74 bits per heavy atom. The van der Waals surface area contributed by atoms with Crippen LogP contribution < -0.4 is 15.8 Å². The largest absolute Gasteiger partial charge is 0.322 e. The molecule has 23 heavy (non-hydrogen) atoms. The zero-order chi connectivity index (χ0) is 17.3. The summed E-state index contributed by atoms with van der Waals surface area (Å²) in [5.74, 6) is -3.08. The third kappa shape index (κ3) is 6.02. The number of carbonyl (C=O) groups excluding carboxylic acids is 1. The Morgan fingerprint density at radius 1 is 1.22 bits per heavy atom. The second-order valence-electron chi connectivity index (χ2n) is 5.90. The molecular formula is C13H20ClF2N3O3S. The molecule has 1 aromatic rings. The third-order valence-electron chi connectivity index (χ3n) is 2.42. The molecule has 1 atom stereocenters. The molecule has 1 amide bonds. The van der Waals surface area contributed by atoms with E-state index in [1.54, 1.807) is 20.8 Å². The molecule has 0 saturated carbocycles. The lowest BCUT2D eigenvalue weighted by atomic mass is 10.1. The van der Waals surface area contributed by atoms with Crippen molar-refractivity contribution in [3.63, 3.8) is 0 Å². The number of rotatable bonds is 4. The maximum atomic E-state index is 13.8. The van der Waals surface area contributed by atoms with Gasteiger partial charge >= 0.3 is 0 Å². The highest BCUT2D eigenvalue weighted by molar-refractivity contribution is 7.89. The normalized spacial score (nSPS) is 13.2. The average Bonchev–Trinajstić information content (AvgIpc) is 2.28. The molecule has 132 valence electrons. The molecule has 1 rings (SSSR count). The monoisotopic (exact) mass is 371 g/mol. The summed E-state index contributed by atoms with van der Waals surface area (Å²) in [4.78, 5) is 10.7. The van der Waals surface area contributed by atoms with E-state index in [0.29, 0.717) is 6.07 Å². The van der Waals surface area contributed by atoms with Crippen molar-refractivity contribution in [3.8, 4) is 0 Å². The first-order valence-corrected chi connectivity index (χ1v) is 7.91. The highest BCUT2D eigenvalue weighted by atomic mass is 35.5. The number of hydrogen-bond donors (Lipinski definition) is 3. The minimum atomic E-state index is -4.22. The third-order valence-corrected chi connectivity index (χ3v) is 4.20. The first-order chi connectivity index (χ1) is 9.83. The summed E-state index contributed by atoms with van der Waals surface area (Å²) in [6.45, 7) is 6.09. The van der Waals surface area contributed by atoms with Crippen LogP contribution in [0.2, 0.25) is 0 Å². The minimum Gasteiger partial charge on any atom is -0.322 e. The zero-order valence-electron chi connectivity index (χ0n) is 13.1. The molecule has 0 heterocycles. The van der Waals surface area contributed by atoms with Crippen LogP contribution in [0.5, 0.6) is 0 Å². The molecule has 0 aliphatic rings. The van der Waals surface area contributed by atoms with E-state index in [9.17, 15) is 22.0 Å². The summed E-state index contributed by atoms with van der Waals surface area (Å²) in [5.41, 5.74) is 4.02. The topological polar surface area (TPSA) is 101 Å². The van der Waals surface area contributed by atoms with E-state index in [-0.39, 0.29) is 12.4 Å². The van der Waals surface area contributed by atoms with Gasteiger partial charge in [-0.15, -0.1) is 12.4 Å². The van der Waals surface area contributed by atoms with Crippen LogP contribution in [0, 0.1) is 11.6 Å². The number of sulfonamides is 1. The Labute approximate surface area is 140 Å². The van der Waals surface area contributed by atoms with Gasteiger partial charge in [-0.1, -0.05) is 0 Å². The van der Waals surface area contributed by atoms with Crippen molar-refractivity contribution in [2.75, 3.05) is 5.32 Å². The molecule has 0 bridgehead atoms. The van der Waals surface area contributed by atoms with Gasteiger partial charge in [0.05, 0.1) is 11.7 Å². The SMILES string of the molecule is C[C@H](N)C(=O)Nc1cc(S(=O)(=O)NC(C)(C)C)c(F)cc1F.Cl. The number of hydrogen-bond acceptors (Lipinski definition) is 4. The fourth-order valence-corrected chi connectivity index (χ4v) is 3.04. The lowest BCUT2D eigenvalue weighted by Crippen LogP contribution is -2.40.